The summed E-state index contributed by atoms with van der Waals surface area (Å²) in [5.74, 6) is -0.0841. The summed E-state index contributed by atoms with van der Waals surface area (Å²) in [6, 6.07) is -0.339. The number of rotatable bonds is 7. The lowest BCUT2D eigenvalue weighted by Crippen LogP contribution is -2.35. The first-order chi connectivity index (χ1) is 9.46. The minimum absolute atomic E-state index is 0.0841. The molecule has 0 fully saturated rings. The molecule has 0 bridgehead atoms. The molecule has 0 aliphatic heterocycles. The fourth-order valence-electron chi connectivity index (χ4n) is 1.70. The molecule has 1 aromatic heterocycles. The Morgan fingerprint density at radius 3 is 2.55 bits per heavy atom. The van der Waals surface area contributed by atoms with Crippen LogP contribution in [0.25, 0.3) is 0 Å². The van der Waals surface area contributed by atoms with Crippen molar-refractivity contribution in [2.24, 2.45) is 0 Å². The quantitative estimate of drug-likeness (QED) is 0.713. The van der Waals surface area contributed by atoms with Gasteiger partial charge in [-0.2, -0.15) is 4.68 Å². The number of carbonyl (C=O) groups is 1. The van der Waals surface area contributed by atoms with E-state index >= 15 is 0 Å². The van der Waals surface area contributed by atoms with E-state index in [-0.39, 0.29) is 16.9 Å². The second-order valence-corrected chi connectivity index (χ2v) is 6.62. The molecule has 1 heterocycles. The summed E-state index contributed by atoms with van der Waals surface area (Å²) in [4.78, 5) is 17.5. The van der Waals surface area contributed by atoms with Crippen LogP contribution in [-0.4, -0.2) is 53.0 Å². The number of unbranched alkanes of at least 4 members (excludes halogenated alkanes) is 2. The van der Waals surface area contributed by atoms with E-state index in [4.69, 9.17) is 0 Å². The van der Waals surface area contributed by atoms with Gasteiger partial charge in [0.15, 0.2) is 0 Å². The van der Waals surface area contributed by atoms with E-state index in [1.54, 1.807) is 4.90 Å². The molecule has 0 saturated heterocycles. The summed E-state index contributed by atoms with van der Waals surface area (Å²) in [7, 11) is -3.48. The Kier molecular flexibility index (Phi) is 6.12. The smallest absolute Gasteiger partial charge is 0.323 e. The maximum atomic E-state index is 12.2. The SMILES string of the molecule is CCCCCN(CC)C(=O)n1cnc(S(=O)(=O)CC)n1. The topological polar surface area (TPSA) is 85.2 Å². The number of hydrogen-bond acceptors (Lipinski definition) is 5. The molecule has 0 aliphatic rings. The van der Waals surface area contributed by atoms with Crippen LogP contribution in [0.5, 0.6) is 0 Å². The van der Waals surface area contributed by atoms with E-state index < -0.39 is 9.84 Å². The van der Waals surface area contributed by atoms with Crippen molar-refractivity contribution in [3.8, 4) is 0 Å². The van der Waals surface area contributed by atoms with Crippen molar-refractivity contribution in [3.05, 3.63) is 6.33 Å². The summed E-state index contributed by atoms with van der Waals surface area (Å²) >= 11 is 0. The lowest BCUT2D eigenvalue weighted by atomic mass is 10.2. The highest BCUT2D eigenvalue weighted by molar-refractivity contribution is 7.91. The van der Waals surface area contributed by atoms with Crippen LogP contribution in [0.3, 0.4) is 0 Å². The lowest BCUT2D eigenvalue weighted by molar-refractivity contribution is 0.197. The maximum absolute atomic E-state index is 12.2. The number of nitrogens with zero attached hydrogens (tertiary/aromatic N) is 4. The van der Waals surface area contributed by atoms with Gasteiger partial charge in [0.05, 0.1) is 5.75 Å². The number of sulfone groups is 1. The van der Waals surface area contributed by atoms with E-state index in [1.807, 2.05) is 6.92 Å². The second-order valence-electron chi connectivity index (χ2n) is 4.44. The third-order valence-electron chi connectivity index (χ3n) is 3.01. The van der Waals surface area contributed by atoms with Gasteiger partial charge < -0.3 is 4.90 Å². The highest BCUT2D eigenvalue weighted by atomic mass is 32.2. The van der Waals surface area contributed by atoms with Crippen molar-refractivity contribution in [1.29, 1.82) is 0 Å². The van der Waals surface area contributed by atoms with Crippen molar-refractivity contribution in [2.45, 2.75) is 45.2 Å². The first kappa shape index (κ1) is 16.6. The molecule has 0 radical (unpaired) electrons. The monoisotopic (exact) mass is 302 g/mol. The molecule has 20 heavy (non-hydrogen) atoms. The predicted octanol–water partition coefficient (Wildman–Crippen LogP) is 1.55. The normalized spacial score (nSPS) is 11.6. The molecule has 1 rings (SSSR count). The number of hydrogen-bond donors (Lipinski definition) is 0. The molecular weight excluding hydrogens is 280 g/mol. The molecule has 0 unspecified atom stereocenters. The van der Waals surface area contributed by atoms with Gasteiger partial charge >= 0.3 is 6.03 Å². The second kappa shape index (κ2) is 7.37. The Morgan fingerprint density at radius 1 is 1.30 bits per heavy atom. The van der Waals surface area contributed by atoms with Gasteiger partial charge in [-0.05, 0) is 13.3 Å². The molecule has 8 heteroatoms. The van der Waals surface area contributed by atoms with Gasteiger partial charge in [-0.15, -0.1) is 5.10 Å². The van der Waals surface area contributed by atoms with Crippen LogP contribution >= 0.6 is 0 Å². The lowest BCUT2D eigenvalue weighted by Gasteiger charge is -2.19. The van der Waals surface area contributed by atoms with Gasteiger partial charge in [-0.1, -0.05) is 26.7 Å². The fourth-order valence-corrected chi connectivity index (χ4v) is 2.38. The average Bonchev–Trinajstić information content (AvgIpc) is 2.93. The number of amides is 1. The minimum atomic E-state index is -3.48. The molecule has 7 nitrogen and oxygen atoms in total. The van der Waals surface area contributed by atoms with Crippen molar-refractivity contribution >= 4 is 15.9 Å². The molecule has 1 aromatic rings. The van der Waals surface area contributed by atoms with E-state index in [0.717, 1.165) is 30.3 Å². The van der Waals surface area contributed by atoms with Gasteiger partial charge in [0.2, 0.25) is 9.84 Å². The zero-order valence-corrected chi connectivity index (χ0v) is 13.1. The van der Waals surface area contributed by atoms with Gasteiger partial charge in [-0.25, -0.2) is 18.2 Å². The molecule has 0 aliphatic carbocycles. The van der Waals surface area contributed by atoms with Crippen LogP contribution in [0.15, 0.2) is 11.5 Å². The Morgan fingerprint density at radius 2 is 2.00 bits per heavy atom. The van der Waals surface area contributed by atoms with Gasteiger partial charge in [-0.3, -0.25) is 0 Å². The zero-order chi connectivity index (χ0) is 15.2. The molecular formula is C12H22N4O3S. The van der Waals surface area contributed by atoms with Crippen molar-refractivity contribution in [3.63, 3.8) is 0 Å². The van der Waals surface area contributed by atoms with Crippen LogP contribution in [0.4, 0.5) is 4.79 Å². The minimum Gasteiger partial charge on any atom is -0.323 e. The Bertz CT molecular complexity index is 539. The first-order valence-electron chi connectivity index (χ1n) is 6.89. The summed E-state index contributed by atoms with van der Waals surface area (Å²) in [5, 5.41) is 3.48. The molecule has 0 aromatic carbocycles. The van der Waals surface area contributed by atoms with Crippen molar-refractivity contribution in [1.82, 2.24) is 19.7 Å². The van der Waals surface area contributed by atoms with Gasteiger partial charge in [0.25, 0.3) is 5.16 Å². The molecule has 0 saturated carbocycles. The van der Waals surface area contributed by atoms with Crippen molar-refractivity contribution < 1.29 is 13.2 Å². The molecule has 1 amide bonds. The predicted molar refractivity (Wildman–Crippen MR) is 75.3 cm³/mol. The highest BCUT2D eigenvalue weighted by Gasteiger charge is 2.21. The van der Waals surface area contributed by atoms with Crippen LogP contribution < -0.4 is 0 Å². The first-order valence-corrected chi connectivity index (χ1v) is 8.55. The fraction of sp³-hybridized carbons (Fsp3) is 0.750. The summed E-state index contributed by atoms with van der Waals surface area (Å²) in [5.41, 5.74) is 0. The van der Waals surface area contributed by atoms with Crippen LogP contribution in [0.1, 0.15) is 40.0 Å². The zero-order valence-electron chi connectivity index (χ0n) is 12.2. The van der Waals surface area contributed by atoms with Crippen molar-refractivity contribution in [2.75, 3.05) is 18.8 Å². The van der Waals surface area contributed by atoms with E-state index in [9.17, 15) is 13.2 Å². The Hall–Kier alpha value is -1.44. The van der Waals surface area contributed by atoms with Crippen LogP contribution in [0.2, 0.25) is 0 Å². The standard InChI is InChI=1S/C12H22N4O3S/c1-4-7-8-9-15(5-2)12(17)16-10-13-11(14-16)20(18,19)6-3/h10H,4-9H2,1-3H3. The number of carbonyl (C=O) groups excluding carboxylic acids is 1. The average molecular weight is 302 g/mol. The summed E-state index contributed by atoms with van der Waals surface area (Å²) in [6.45, 7) is 6.68. The maximum Gasteiger partial charge on any atom is 0.346 e. The highest BCUT2D eigenvalue weighted by Crippen LogP contribution is 2.05. The third-order valence-corrected chi connectivity index (χ3v) is 4.51. The Labute approximate surface area is 119 Å². The molecule has 0 N–H and O–H groups in total. The van der Waals surface area contributed by atoms with Gasteiger partial charge in [0, 0.05) is 13.1 Å². The summed E-state index contributed by atoms with van der Waals surface area (Å²) in [6.07, 6.45) is 4.21. The number of aromatic nitrogens is 3. The van der Waals surface area contributed by atoms with Gasteiger partial charge in [0.1, 0.15) is 6.33 Å². The largest absolute Gasteiger partial charge is 0.346 e. The van der Waals surface area contributed by atoms with E-state index in [0.29, 0.717) is 13.1 Å². The van der Waals surface area contributed by atoms with Crippen LogP contribution in [0, 0.1) is 0 Å². The van der Waals surface area contributed by atoms with E-state index in [1.165, 1.54) is 6.92 Å². The molecule has 0 spiro atoms. The molecule has 114 valence electrons. The third kappa shape index (κ3) is 4.03. The summed E-state index contributed by atoms with van der Waals surface area (Å²) < 4.78 is 24.2. The van der Waals surface area contributed by atoms with Crippen LogP contribution in [-0.2, 0) is 9.84 Å². The van der Waals surface area contributed by atoms with E-state index in [2.05, 4.69) is 17.0 Å². The molecule has 0 atom stereocenters. The Balaban J connectivity index is 2.81.